The van der Waals surface area contributed by atoms with Crippen LogP contribution in [0.25, 0.3) is 0 Å². The first kappa shape index (κ1) is 20.1. The Morgan fingerprint density at radius 2 is 2.07 bits per heavy atom. The van der Waals surface area contributed by atoms with Crippen molar-refractivity contribution in [1.29, 1.82) is 0 Å². The zero-order valence-electron chi connectivity index (χ0n) is 16.7. The van der Waals surface area contributed by atoms with Crippen molar-refractivity contribution in [1.82, 2.24) is 15.5 Å². The van der Waals surface area contributed by atoms with Crippen molar-refractivity contribution in [3.05, 3.63) is 22.7 Å². The summed E-state index contributed by atoms with van der Waals surface area (Å²) in [6.45, 7) is 10.9. The molecule has 6 nitrogen and oxygen atoms in total. The van der Waals surface area contributed by atoms with Crippen LogP contribution in [0.5, 0.6) is 11.5 Å². The number of rotatable bonds is 5. The SMILES string of the molecule is CN=C(NCCc1cc(Cl)c2c(c1)OCCO2)NC1CN(C(C)C)CC1C. The first-order chi connectivity index (χ1) is 13.0. The third-order valence-electron chi connectivity index (χ3n) is 5.28. The van der Waals surface area contributed by atoms with Crippen LogP contribution in [-0.4, -0.2) is 62.8 Å². The number of guanidine groups is 1. The van der Waals surface area contributed by atoms with Crippen molar-refractivity contribution >= 4 is 17.6 Å². The van der Waals surface area contributed by atoms with Crippen molar-refractivity contribution in [3.63, 3.8) is 0 Å². The zero-order chi connectivity index (χ0) is 19.4. The van der Waals surface area contributed by atoms with Crippen molar-refractivity contribution in [2.45, 2.75) is 39.3 Å². The van der Waals surface area contributed by atoms with E-state index in [1.54, 1.807) is 0 Å². The van der Waals surface area contributed by atoms with E-state index in [1.165, 1.54) is 0 Å². The summed E-state index contributed by atoms with van der Waals surface area (Å²) in [5.41, 5.74) is 1.12. The molecule has 0 bridgehead atoms. The van der Waals surface area contributed by atoms with E-state index in [0.717, 1.165) is 43.3 Å². The van der Waals surface area contributed by atoms with E-state index in [1.807, 2.05) is 19.2 Å². The van der Waals surface area contributed by atoms with Gasteiger partial charge in [-0.15, -0.1) is 0 Å². The maximum atomic E-state index is 6.32. The summed E-state index contributed by atoms with van der Waals surface area (Å²) < 4.78 is 11.2. The molecule has 150 valence electrons. The largest absolute Gasteiger partial charge is 0.486 e. The predicted octanol–water partition coefficient (Wildman–Crippen LogP) is 2.55. The van der Waals surface area contributed by atoms with E-state index < -0.39 is 0 Å². The van der Waals surface area contributed by atoms with E-state index in [9.17, 15) is 0 Å². The van der Waals surface area contributed by atoms with Gasteiger partial charge in [-0.3, -0.25) is 9.89 Å². The lowest BCUT2D eigenvalue weighted by Gasteiger charge is -2.22. The van der Waals surface area contributed by atoms with Crippen LogP contribution in [0, 0.1) is 5.92 Å². The average molecular weight is 395 g/mol. The molecule has 7 heteroatoms. The van der Waals surface area contributed by atoms with Gasteiger partial charge in [-0.1, -0.05) is 18.5 Å². The maximum absolute atomic E-state index is 6.32. The van der Waals surface area contributed by atoms with Gasteiger partial charge < -0.3 is 20.1 Å². The monoisotopic (exact) mass is 394 g/mol. The molecule has 1 fully saturated rings. The molecule has 0 aromatic heterocycles. The molecular formula is C20H31ClN4O2. The molecule has 2 unspecified atom stereocenters. The van der Waals surface area contributed by atoms with Crippen LogP contribution in [0.4, 0.5) is 0 Å². The molecule has 1 aromatic carbocycles. The van der Waals surface area contributed by atoms with Gasteiger partial charge in [-0.2, -0.15) is 0 Å². The highest BCUT2D eigenvalue weighted by Gasteiger charge is 2.31. The van der Waals surface area contributed by atoms with Gasteiger partial charge in [0.2, 0.25) is 0 Å². The Bertz CT molecular complexity index is 680. The Kier molecular flexibility index (Phi) is 6.71. The molecule has 2 aliphatic rings. The molecule has 2 N–H and O–H groups in total. The van der Waals surface area contributed by atoms with Crippen LogP contribution in [0.15, 0.2) is 17.1 Å². The van der Waals surface area contributed by atoms with Gasteiger partial charge in [0.25, 0.3) is 0 Å². The first-order valence-electron chi connectivity index (χ1n) is 9.77. The van der Waals surface area contributed by atoms with Gasteiger partial charge in [0.05, 0.1) is 5.02 Å². The second-order valence-electron chi connectivity index (χ2n) is 7.63. The summed E-state index contributed by atoms with van der Waals surface area (Å²) in [7, 11) is 1.82. The molecule has 1 saturated heterocycles. The molecule has 0 amide bonds. The quantitative estimate of drug-likeness (QED) is 0.593. The van der Waals surface area contributed by atoms with Gasteiger partial charge >= 0.3 is 0 Å². The van der Waals surface area contributed by atoms with E-state index in [-0.39, 0.29) is 0 Å². The smallest absolute Gasteiger partial charge is 0.191 e. The summed E-state index contributed by atoms with van der Waals surface area (Å²) in [6.07, 6.45) is 0.829. The van der Waals surface area contributed by atoms with Crippen LogP contribution in [0.3, 0.4) is 0 Å². The lowest BCUT2D eigenvalue weighted by molar-refractivity contribution is 0.171. The Morgan fingerprint density at radius 1 is 1.30 bits per heavy atom. The summed E-state index contributed by atoms with van der Waals surface area (Å²) >= 11 is 6.32. The molecule has 0 spiro atoms. The number of aliphatic imine (C=N–C) groups is 1. The van der Waals surface area contributed by atoms with Crippen molar-refractivity contribution in [2.75, 3.05) is 39.9 Å². The number of ether oxygens (including phenoxy) is 2. The lowest BCUT2D eigenvalue weighted by Crippen LogP contribution is -2.47. The molecule has 2 heterocycles. The highest BCUT2D eigenvalue weighted by Crippen LogP contribution is 2.38. The van der Waals surface area contributed by atoms with Crippen molar-refractivity contribution < 1.29 is 9.47 Å². The number of likely N-dealkylation sites (tertiary alicyclic amines) is 1. The number of halogens is 1. The highest BCUT2D eigenvalue weighted by molar-refractivity contribution is 6.32. The minimum absolute atomic E-state index is 0.419. The van der Waals surface area contributed by atoms with Gasteiger partial charge in [-0.25, -0.2) is 0 Å². The molecule has 27 heavy (non-hydrogen) atoms. The van der Waals surface area contributed by atoms with E-state index >= 15 is 0 Å². The van der Waals surface area contributed by atoms with Crippen LogP contribution in [0.1, 0.15) is 26.3 Å². The molecule has 0 radical (unpaired) electrons. The highest BCUT2D eigenvalue weighted by atomic mass is 35.5. The fraction of sp³-hybridized carbons (Fsp3) is 0.650. The van der Waals surface area contributed by atoms with Gasteiger partial charge in [0.15, 0.2) is 17.5 Å². The van der Waals surface area contributed by atoms with Crippen LogP contribution in [-0.2, 0) is 6.42 Å². The minimum Gasteiger partial charge on any atom is -0.486 e. The average Bonchev–Trinajstić information content (AvgIpc) is 3.02. The number of hydrogen-bond donors (Lipinski definition) is 2. The summed E-state index contributed by atoms with van der Waals surface area (Å²) in [4.78, 5) is 6.89. The molecule has 1 aromatic rings. The number of nitrogens with zero attached hydrogens (tertiary/aromatic N) is 2. The Morgan fingerprint density at radius 3 is 2.78 bits per heavy atom. The van der Waals surface area contributed by atoms with Crippen LogP contribution < -0.4 is 20.1 Å². The second-order valence-corrected chi connectivity index (χ2v) is 8.03. The van der Waals surface area contributed by atoms with Gasteiger partial charge in [0, 0.05) is 38.8 Å². The fourth-order valence-corrected chi connectivity index (χ4v) is 3.91. The topological polar surface area (TPSA) is 58.1 Å². The molecule has 2 aliphatic heterocycles. The number of hydrogen-bond acceptors (Lipinski definition) is 4. The Hall–Kier alpha value is -1.66. The van der Waals surface area contributed by atoms with E-state index in [0.29, 0.717) is 42.0 Å². The second kappa shape index (κ2) is 9.02. The van der Waals surface area contributed by atoms with Crippen LogP contribution >= 0.6 is 11.6 Å². The molecule has 0 saturated carbocycles. The third kappa shape index (κ3) is 4.99. The number of benzene rings is 1. The number of fused-ring (bicyclic) bond motifs is 1. The van der Waals surface area contributed by atoms with Gasteiger partial charge in [-0.05, 0) is 43.9 Å². The van der Waals surface area contributed by atoms with Crippen molar-refractivity contribution in [2.24, 2.45) is 10.9 Å². The normalized spacial score (nSPS) is 23.0. The minimum atomic E-state index is 0.419. The summed E-state index contributed by atoms with van der Waals surface area (Å²) in [5.74, 6) is 2.84. The fourth-order valence-electron chi connectivity index (χ4n) is 3.62. The molecule has 2 atom stereocenters. The van der Waals surface area contributed by atoms with E-state index in [2.05, 4.69) is 41.3 Å². The lowest BCUT2D eigenvalue weighted by atomic mass is 10.1. The third-order valence-corrected chi connectivity index (χ3v) is 5.56. The van der Waals surface area contributed by atoms with E-state index in [4.69, 9.17) is 21.1 Å². The van der Waals surface area contributed by atoms with Gasteiger partial charge in [0.1, 0.15) is 13.2 Å². The number of nitrogens with one attached hydrogen (secondary N) is 2. The zero-order valence-corrected chi connectivity index (χ0v) is 17.5. The predicted molar refractivity (Wildman–Crippen MR) is 110 cm³/mol. The molecular weight excluding hydrogens is 364 g/mol. The summed E-state index contributed by atoms with van der Waals surface area (Å²) in [6, 6.07) is 4.96. The Balaban J connectivity index is 1.51. The summed E-state index contributed by atoms with van der Waals surface area (Å²) in [5, 5.41) is 7.60. The van der Waals surface area contributed by atoms with Crippen molar-refractivity contribution in [3.8, 4) is 11.5 Å². The maximum Gasteiger partial charge on any atom is 0.191 e. The Labute approximate surface area is 167 Å². The first-order valence-corrected chi connectivity index (χ1v) is 10.1. The molecule has 3 rings (SSSR count). The molecule has 0 aliphatic carbocycles. The standard InChI is InChI=1S/C20H31ClN4O2/c1-13(2)25-11-14(3)17(12-25)24-20(22-4)23-6-5-15-9-16(21)19-18(10-15)26-7-8-27-19/h9-10,13-14,17H,5-8,11-12H2,1-4H3,(H2,22,23,24). The van der Waals surface area contributed by atoms with Crippen LogP contribution in [0.2, 0.25) is 5.02 Å².